The van der Waals surface area contributed by atoms with Crippen molar-refractivity contribution in [3.63, 3.8) is 0 Å². The monoisotopic (exact) mass is 372 g/mol. The van der Waals surface area contributed by atoms with Gasteiger partial charge in [-0.25, -0.2) is 0 Å². The van der Waals surface area contributed by atoms with Crippen LogP contribution < -0.4 is 14.4 Å². The zero-order valence-corrected chi connectivity index (χ0v) is 16.4. The summed E-state index contributed by atoms with van der Waals surface area (Å²) in [5.74, 6) is 1.91. The second-order valence-corrected chi connectivity index (χ2v) is 7.65. The minimum atomic E-state index is 0.103. The van der Waals surface area contributed by atoms with E-state index in [1.54, 1.807) is 4.90 Å². The van der Waals surface area contributed by atoms with E-state index in [9.17, 15) is 0 Å². The Morgan fingerprint density at radius 2 is 1.92 bits per heavy atom. The molecular weight excluding hydrogens is 348 g/mol. The van der Waals surface area contributed by atoms with E-state index in [1.807, 2.05) is 37.4 Å². The first-order chi connectivity index (χ1) is 12.3. The van der Waals surface area contributed by atoms with Crippen molar-refractivity contribution >= 4 is 23.2 Å². The van der Waals surface area contributed by atoms with E-state index < -0.39 is 0 Å². The van der Waals surface area contributed by atoms with Crippen molar-refractivity contribution in [2.24, 2.45) is 0 Å². The van der Waals surface area contributed by atoms with Gasteiger partial charge >= 0.3 is 0 Å². The summed E-state index contributed by atoms with van der Waals surface area (Å²) < 4.78 is 16.6. The molecule has 0 radical (unpaired) electrons. The molecule has 0 N–H and O–H groups in total. The molecule has 0 amide bonds. The van der Waals surface area contributed by atoms with E-state index in [0.29, 0.717) is 29.2 Å². The first-order valence-electron chi connectivity index (χ1n) is 8.60. The molecule has 0 bridgehead atoms. The smallest absolute Gasteiger partial charge is 0.270 e. The average molecular weight is 372 g/mol. The molecule has 1 unspecified atom stereocenters. The fourth-order valence-electron chi connectivity index (χ4n) is 2.30. The maximum atomic E-state index is 5.80. The van der Waals surface area contributed by atoms with E-state index in [2.05, 4.69) is 37.9 Å². The fourth-order valence-corrected chi connectivity index (χ4v) is 2.49. The van der Waals surface area contributed by atoms with Crippen LogP contribution in [-0.2, 0) is 10.2 Å². The van der Waals surface area contributed by atoms with Gasteiger partial charge < -0.3 is 14.2 Å². The third-order valence-electron chi connectivity index (χ3n) is 4.07. The van der Waals surface area contributed by atoms with E-state index >= 15 is 0 Å². The van der Waals surface area contributed by atoms with Gasteiger partial charge in [-0.1, -0.05) is 39.0 Å². The largest absolute Gasteiger partial charge is 0.475 e. The Bertz CT molecular complexity index is 767. The number of ether oxygens (including phenoxy) is 3. The predicted octanol–water partition coefficient (Wildman–Crippen LogP) is 3.96. The molecule has 3 rings (SSSR count). The van der Waals surface area contributed by atoms with E-state index in [4.69, 9.17) is 26.4 Å². The molecule has 1 aliphatic rings. The normalized spacial score (nSPS) is 16.1. The molecule has 2 aromatic rings. The lowest BCUT2D eigenvalue weighted by Gasteiger charge is -2.21. The van der Waals surface area contributed by atoms with Crippen molar-refractivity contribution in [1.82, 2.24) is 4.98 Å². The fraction of sp³-hybridized carbons (Fsp3) is 0.400. The average Bonchev–Trinajstić information content (AvgIpc) is 3.43. The summed E-state index contributed by atoms with van der Waals surface area (Å²) in [7, 11) is 1.82. The molecule has 1 aromatic carbocycles. The molecule has 1 fully saturated rings. The van der Waals surface area contributed by atoms with Crippen LogP contribution in [-0.4, -0.2) is 36.5 Å². The standard InChI is InChI=1S/C20H24N2O3S/c1-20(2,3)14-8-10-15(11-9-14)25-19(26)22(4)17-6-5-7-18(21-17)24-13-16-12-23-16/h5-11,16H,12-13H2,1-4H3. The Hall–Kier alpha value is -2.18. The molecule has 26 heavy (non-hydrogen) atoms. The molecule has 138 valence electrons. The van der Waals surface area contributed by atoms with E-state index in [1.165, 1.54) is 5.56 Å². The van der Waals surface area contributed by atoms with Gasteiger partial charge in [-0.2, -0.15) is 4.98 Å². The minimum absolute atomic E-state index is 0.103. The first kappa shape index (κ1) is 18.6. The van der Waals surface area contributed by atoms with Gasteiger partial charge in [0.25, 0.3) is 5.17 Å². The molecule has 0 saturated carbocycles. The molecule has 1 saturated heterocycles. The summed E-state index contributed by atoms with van der Waals surface area (Å²) in [6.07, 6.45) is 0.193. The third-order valence-corrected chi connectivity index (χ3v) is 4.43. The van der Waals surface area contributed by atoms with Gasteiger partial charge in [-0.05, 0) is 41.4 Å². The SMILES string of the molecule is CN(C(=S)Oc1ccc(C(C)(C)C)cc1)c1cccc(OCC2CO2)n1. The minimum Gasteiger partial charge on any atom is -0.475 e. The van der Waals surface area contributed by atoms with Crippen molar-refractivity contribution in [2.45, 2.75) is 32.3 Å². The second kappa shape index (κ2) is 7.60. The maximum absolute atomic E-state index is 5.80. The number of pyridine rings is 1. The van der Waals surface area contributed by atoms with Crippen molar-refractivity contribution in [2.75, 3.05) is 25.2 Å². The van der Waals surface area contributed by atoms with Gasteiger partial charge in [-0.15, -0.1) is 0 Å². The van der Waals surface area contributed by atoms with Crippen LogP contribution in [0.1, 0.15) is 26.3 Å². The molecule has 0 aliphatic carbocycles. The van der Waals surface area contributed by atoms with Gasteiger partial charge in [0, 0.05) is 13.1 Å². The van der Waals surface area contributed by atoms with Gasteiger partial charge in [0.2, 0.25) is 5.88 Å². The number of benzene rings is 1. The van der Waals surface area contributed by atoms with Crippen LogP contribution in [0.2, 0.25) is 0 Å². The summed E-state index contributed by atoms with van der Waals surface area (Å²) in [4.78, 5) is 6.18. The first-order valence-corrected chi connectivity index (χ1v) is 9.01. The Balaban J connectivity index is 1.62. The molecular formula is C20H24N2O3S. The highest BCUT2D eigenvalue weighted by molar-refractivity contribution is 7.80. The quantitative estimate of drug-likeness (QED) is 0.585. The predicted molar refractivity (Wildman–Crippen MR) is 106 cm³/mol. The summed E-state index contributed by atoms with van der Waals surface area (Å²) in [5.41, 5.74) is 1.35. The van der Waals surface area contributed by atoms with Gasteiger partial charge in [0.15, 0.2) is 0 Å². The van der Waals surface area contributed by atoms with Crippen LogP contribution >= 0.6 is 12.2 Å². The number of aromatic nitrogens is 1. The Morgan fingerprint density at radius 3 is 2.54 bits per heavy atom. The van der Waals surface area contributed by atoms with Crippen LogP contribution in [0.5, 0.6) is 11.6 Å². The number of rotatable bonds is 5. The number of anilines is 1. The Labute approximate surface area is 159 Å². The molecule has 1 atom stereocenters. The maximum Gasteiger partial charge on any atom is 0.270 e. The van der Waals surface area contributed by atoms with Crippen LogP contribution in [0.4, 0.5) is 5.82 Å². The van der Waals surface area contributed by atoms with E-state index in [0.717, 1.165) is 6.61 Å². The third kappa shape index (κ3) is 4.93. The Kier molecular flexibility index (Phi) is 5.44. The van der Waals surface area contributed by atoms with Gasteiger partial charge in [0.05, 0.1) is 6.61 Å². The molecule has 1 aliphatic heterocycles. The van der Waals surface area contributed by atoms with Crippen molar-refractivity contribution in [1.29, 1.82) is 0 Å². The van der Waals surface area contributed by atoms with Gasteiger partial charge in [-0.3, -0.25) is 4.90 Å². The summed E-state index contributed by atoms with van der Waals surface area (Å²) in [5, 5.41) is 0.323. The Morgan fingerprint density at radius 1 is 1.23 bits per heavy atom. The van der Waals surface area contributed by atoms with Crippen LogP contribution in [0, 0.1) is 0 Å². The number of nitrogens with zero attached hydrogens (tertiary/aromatic N) is 2. The number of hydrogen-bond acceptors (Lipinski definition) is 5. The highest BCUT2D eigenvalue weighted by atomic mass is 32.1. The van der Waals surface area contributed by atoms with Crippen LogP contribution in [0.15, 0.2) is 42.5 Å². The lowest BCUT2D eigenvalue weighted by atomic mass is 9.87. The van der Waals surface area contributed by atoms with Crippen LogP contribution in [0.3, 0.4) is 0 Å². The van der Waals surface area contributed by atoms with Gasteiger partial charge in [0.1, 0.15) is 24.3 Å². The highest BCUT2D eigenvalue weighted by Crippen LogP contribution is 2.25. The number of thiocarbonyl (C=S) groups is 1. The van der Waals surface area contributed by atoms with Crippen LogP contribution in [0.25, 0.3) is 0 Å². The summed E-state index contributed by atoms with van der Waals surface area (Å²) >= 11 is 5.41. The molecule has 6 heteroatoms. The van der Waals surface area contributed by atoms with Crippen molar-refractivity contribution < 1.29 is 14.2 Å². The zero-order chi connectivity index (χ0) is 18.7. The molecule has 1 aromatic heterocycles. The summed E-state index contributed by atoms with van der Waals surface area (Å²) in [6.45, 7) is 7.80. The lowest BCUT2D eigenvalue weighted by molar-refractivity contribution is 0.255. The summed E-state index contributed by atoms with van der Waals surface area (Å²) in [6, 6.07) is 13.5. The van der Waals surface area contributed by atoms with Crippen molar-refractivity contribution in [3.05, 3.63) is 48.0 Å². The molecule has 0 spiro atoms. The highest BCUT2D eigenvalue weighted by Gasteiger charge is 2.23. The number of epoxide rings is 1. The lowest BCUT2D eigenvalue weighted by Crippen LogP contribution is -2.30. The zero-order valence-electron chi connectivity index (χ0n) is 15.6. The molecule has 2 heterocycles. The van der Waals surface area contributed by atoms with Crippen molar-refractivity contribution in [3.8, 4) is 11.6 Å². The second-order valence-electron chi connectivity index (χ2n) is 7.30. The molecule has 5 nitrogen and oxygen atoms in total. The topological polar surface area (TPSA) is 47.1 Å². The number of hydrogen-bond donors (Lipinski definition) is 0. The van der Waals surface area contributed by atoms with E-state index in [-0.39, 0.29) is 11.5 Å².